The number of aryl methyl sites for hydroxylation is 3. The third kappa shape index (κ3) is 3.68. The smallest absolute Gasteiger partial charge is 0.291 e. The normalized spacial score (nSPS) is 15.1. The number of benzene rings is 2. The SMILES string of the molecule is Cc1cc(C)c2c(C)c(C(=O)Nc3ccccc3CN3CCOCC3)oc2c1. The standard InChI is InChI=1S/C23H26N2O3/c1-15-12-16(2)21-17(3)22(28-20(21)13-15)23(26)24-19-7-5-4-6-18(19)14-25-8-10-27-11-9-25/h4-7,12-13H,8-11,14H2,1-3H3,(H,24,26). The van der Waals surface area contributed by atoms with Gasteiger partial charge in [-0.05, 0) is 49.6 Å². The molecule has 0 saturated carbocycles. The number of amides is 1. The number of hydrogen-bond donors (Lipinski definition) is 1. The van der Waals surface area contributed by atoms with Gasteiger partial charge in [-0.15, -0.1) is 0 Å². The summed E-state index contributed by atoms with van der Waals surface area (Å²) in [7, 11) is 0. The van der Waals surface area contributed by atoms with Gasteiger partial charge in [0, 0.05) is 36.3 Å². The number of para-hydroxylation sites is 1. The Kier molecular flexibility index (Phi) is 5.20. The second-order valence-electron chi connectivity index (χ2n) is 7.51. The lowest BCUT2D eigenvalue weighted by atomic mass is 10.0. The largest absolute Gasteiger partial charge is 0.451 e. The Morgan fingerprint density at radius 3 is 2.64 bits per heavy atom. The predicted molar refractivity (Wildman–Crippen MR) is 111 cm³/mol. The van der Waals surface area contributed by atoms with Gasteiger partial charge in [-0.3, -0.25) is 9.69 Å². The van der Waals surface area contributed by atoms with Gasteiger partial charge < -0.3 is 14.5 Å². The molecular weight excluding hydrogens is 352 g/mol. The van der Waals surface area contributed by atoms with Crippen molar-refractivity contribution in [3.8, 4) is 0 Å². The van der Waals surface area contributed by atoms with Crippen molar-refractivity contribution < 1.29 is 13.9 Å². The summed E-state index contributed by atoms with van der Waals surface area (Å²) in [6, 6.07) is 12.1. The van der Waals surface area contributed by atoms with Gasteiger partial charge in [0.15, 0.2) is 5.76 Å². The molecule has 146 valence electrons. The van der Waals surface area contributed by atoms with Crippen molar-refractivity contribution in [2.45, 2.75) is 27.3 Å². The summed E-state index contributed by atoms with van der Waals surface area (Å²) in [6.45, 7) is 10.1. The summed E-state index contributed by atoms with van der Waals surface area (Å²) in [4.78, 5) is 15.3. The van der Waals surface area contributed by atoms with E-state index in [0.717, 1.165) is 71.8 Å². The zero-order chi connectivity index (χ0) is 19.7. The highest BCUT2D eigenvalue weighted by molar-refractivity contribution is 6.07. The van der Waals surface area contributed by atoms with Crippen molar-refractivity contribution in [3.63, 3.8) is 0 Å². The van der Waals surface area contributed by atoms with E-state index in [1.807, 2.05) is 38.1 Å². The molecule has 2 aromatic carbocycles. The Morgan fingerprint density at radius 1 is 1.11 bits per heavy atom. The first-order chi connectivity index (χ1) is 13.5. The van der Waals surface area contributed by atoms with Crippen LogP contribution in [0.2, 0.25) is 0 Å². The molecule has 1 fully saturated rings. The van der Waals surface area contributed by atoms with Gasteiger partial charge in [-0.25, -0.2) is 0 Å². The summed E-state index contributed by atoms with van der Waals surface area (Å²) in [6.07, 6.45) is 0. The molecule has 4 rings (SSSR count). The number of rotatable bonds is 4. The van der Waals surface area contributed by atoms with Gasteiger partial charge in [0.1, 0.15) is 5.58 Å². The number of fused-ring (bicyclic) bond motifs is 1. The molecule has 1 aliphatic heterocycles. The number of carbonyl (C=O) groups is 1. The Morgan fingerprint density at radius 2 is 1.86 bits per heavy atom. The fraction of sp³-hybridized carbons (Fsp3) is 0.348. The fourth-order valence-corrected chi connectivity index (χ4v) is 3.97. The van der Waals surface area contributed by atoms with Crippen LogP contribution < -0.4 is 5.32 Å². The minimum atomic E-state index is -0.208. The molecule has 1 aromatic heterocycles. The number of anilines is 1. The minimum Gasteiger partial charge on any atom is -0.451 e. The molecule has 5 nitrogen and oxygen atoms in total. The molecule has 2 heterocycles. The molecule has 1 saturated heterocycles. The molecule has 0 unspecified atom stereocenters. The molecule has 3 aromatic rings. The van der Waals surface area contributed by atoms with Gasteiger partial charge in [-0.1, -0.05) is 24.3 Å². The van der Waals surface area contributed by atoms with Crippen molar-refractivity contribution >= 4 is 22.6 Å². The zero-order valence-electron chi connectivity index (χ0n) is 16.7. The van der Waals surface area contributed by atoms with Crippen molar-refractivity contribution in [1.29, 1.82) is 0 Å². The van der Waals surface area contributed by atoms with Gasteiger partial charge >= 0.3 is 0 Å². The number of ether oxygens (including phenoxy) is 1. The van der Waals surface area contributed by atoms with Crippen molar-refractivity contribution in [1.82, 2.24) is 4.90 Å². The second-order valence-corrected chi connectivity index (χ2v) is 7.51. The molecule has 5 heteroatoms. The highest BCUT2D eigenvalue weighted by atomic mass is 16.5. The predicted octanol–water partition coefficient (Wildman–Crippen LogP) is 4.44. The van der Waals surface area contributed by atoms with Crippen LogP contribution >= 0.6 is 0 Å². The van der Waals surface area contributed by atoms with Crippen LogP contribution in [0.1, 0.15) is 32.8 Å². The van der Waals surface area contributed by atoms with Crippen LogP contribution in [-0.2, 0) is 11.3 Å². The number of furan rings is 1. The molecule has 0 radical (unpaired) electrons. The lowest BCUT2D eigenvalue weighted by molar-refractivity contribution is 0.0342. The highest BCUT2D eigenvalue weighted by Crippen LogP contribution is 2.30. The zero-order valence-corrected chi connectivity index (χ0v) is 16.7. The maximum atomic E-state index is 13.0. The van der Waals surface area contributed by atoms with Crippen molar-refractivity contribution in [2.24, 2.45) is 0 Å². The Balaban J connectivity index is 1.60. The van der Waals surface area contributed by atoms with Crippen LogP contribution in [0.25, 0.3) is 11.0 Å². The number of carbonyl (C=O) groups excluding carboxylic acids is 1. The number of hydrogen-bond acceptors (Lipinski definition) is 4. The van der Waals surface area contributed by atoms with Crippen LogP contribution in [0.3, 0.4) is 0 Å². The van der Waals surface area contributed by atoms with Crippen LogP contribution in [0, 0.1) is 20.8 Å². The first-order valence-electron chi connectivity index (χ1n) is 9.72. The van der Waals surface area contributed by atoms with Crippen LogP contribution in [0.4, 0.5) is 5.69 Å². The highest BCUT2D eigenvalue weighted by Gasteiger charge is 2.20. The third-order valence-electron chi connectivity index (χ3n) is 5.34. The molecule has 0 aliphatic carbocycles. The molecule has 1 aliphatic rings. The van der Waals surface area contributed by atoms with Gasteiger partial charge in [0.2, 0.25) is 0 Å². The van der Waals surface area contributed by atoms with Crippen LogP contribution in [-0.4, -0.2) is 37.1 Å². The lowest BCUT2D eigenvalue weighted by Gasteiger charge is -2.27. The number of morpholine rings is 1. The summed E-state index contributed by atoms with van der Waals surface area (Å²) in [5.41, 5.74) is 5.83. The first kappa shape index (κ1) is 18.7. The molecule has 1 N–H and O–H groups in total. The average Bonchev–Trinajstić information content (AvgIpc) is 3.01. The maximum Gasteiger partial charge on any atom is 0.291 e. The monoisotopic (exact) mass is 378 g/mol. The summed E-state index contributed by atoms with van der Waals surface area (Å²) in [5.74, 6) is 0.171. The Bertz CT molecular complexity index is 1020. The molecule has 0 spiro atoms. The molecular formula is C23H26N2O3. The third-order valence-corrected chi connectivity index (χ3v) is 5.34. The first-order valence-corrected chi connectivity index (χ1v) is 9.72. The van der Waals surface area contributed by atoms with Gasteiger partial charge in [-0.2, -0.15) is 0 Å². The Labute approximate surface area is 165 Å². The molecule has 0 bridgehead atoms. The molecule has 0 atom stereocenters. The molecule has 28 heavy (non-hydrogen) atoms. The van der Waals surface area contributed by atoms with E-state index >= 15 is 0 Å². The summed E-state index contributed by atoms with van der Waals surface area (Å²) >= 11 is 0. The van der Waals surface area contributed by atoms with E-state index < -0.39 is 0 Å². The van der Waals surface area contributed by atoms with E-state index in [0.29, 0.717) is 5.76 Å². The molecule has 1 amide bonds. The summed E-state index contributed by atoms with van der Waals surface area (Å²) in [5, 5.41) is 4.09. The van der Waals surface area contributed by atoms with Gasteiger partial charge in [0.05, 0.1) is 13.2 Å². The quantitative estimate of drug-likeness (QED) is 0.729. The van der Waals surface area contributed by atoms with E-state index in [4.69, 9.17) is 9.15 Å². The maximum absolute atomic E-state index is 13.0. The van der Waals surface area contributed by atoms with Crippen LogP contribution in [0.15, 0.2) is 40.8 Å². The van der Waals surface area contributed by atoms with E-state index in [2.05, 4.69) is 29.3 Å². The van der Waals surface area contributed by atoms with Crippen LogP contribution in [0.5, 0.6) is 0 Å². The number of nitrogens with one attached hydrogen (secondary N) is 1. The average molecular weight is 378 g/mol. The van der Waals surface area contributed by atoms with E-state index in [1.165, 1.54) is 0 Å². The second kappa shape index (κ2) is 7.78. The fourth-order valence-electron chi connectivity index (χ4n) is 3.97. The van der Waals surface area contributed by atoms with E-state index in [1.54, 1.807) is 0 Å². The van der Waals surface area contributed by atoms with E-state index in [9.17, 15) is 4.79 Å². The van der Waals surface area contributed by atoms with Crippen molar-refractivity contribution in [3.05, 3.63) is 64.4 Å². The van der Waals surface area contributed by atoms with Gasteiger partial charge in [0.25, 0.3) is 5.91 Å². The lowest BCUT2D eigenvalue weighted by Crippen LogP contribution is -2.35. The number of nitrogens with zero attached hydrogens (tertiary/aromatic N) is 1. The minimum absolute atomic E-state index is 0.208. The Hall–Kier alpha value is -2.63. The summed E-state index contributed by atoms with van der Waals surface area (Å²) < 4.78 is 11.4. The topological polar surface area (TPSA) is 54.7 Å². The van der Waals surface area contributed by atoms with Crippen molar-refractivity contribution in [2.75, 3.05) is 31.6 Å². The van der Waals surface area contributed by atoms with E-state index in [-0.39, 0.29) is 5.91 Å².